The Balaban J connectivity index is 1.74. The molecule has 0 aromatic rings. The molecule has 0 saturated carbocycles. The summed E-state index contributed by atoms with van der Waals surface area (Å²) in [6, 6.07) is 0. The second-order valence-electron chi connectivity index (χ2n) is 6.80. The topological polar surface area (TPSA) is 6.48 Å². The molecule has 86 valence electrons. The van der Waals surface area contributed by atoms with Crippen LogP contribution >= 0.6 is 0 Å². The van der Waals surface area contributed by atoms with E-state index in [4.69, 9.17) is 0 Å². The number of rotatable bonds is 2. The normalized spacial score (nSPS) is 24.9. The lowest BCUT2D eigenvalue weighted by Gasteiger charge is -2.62. The monoisotopic (exact) mass is 208 g/mol. The fraction of sp³-hybridized carbons (Fsp3) is 0.846. The molecule has 2 saturated heterocycles. The summed E-state index contributed by atoms with van der Waals surface area (Å²) in [7, 11) is 0. The fourth-order valence-corrected chi connectivity index (χ4v) is 2.92. The van der Waals surface area contributed by atoms with E-state index in [1.165, 1.54) is 38.4 Å². The van der Waals surface area contributed by atoms with E-state index in [9.17, 15) is 0 Å². The number of likely N-dealkylation sites (tertiary alicyclic amines) is 2. The van der Waals surface area contributed by atoms with Crippen LogP contribution in [0.1, 0.15) is 27.7 Å². The van der Waals surface area contributed by atoms with Crippen molar-refractivity contribution in [2.75, 3.05) is 32.7 Å². The molecule has 1 spiro atoms. The minimum atomic E-state index is 0.444. The average molecular weight is 208 g/mol. The van der Waals surface area contributed by atoms with E-state index in [1.807, 2.05) is 0 Å². The zero-order valence-electron chi connectivity index (χ0n) is 10.6. The molecule has 0 atom stereocenters. The van der Waals surface area contributed by atoms with Gasteiger partial charge in [0.25, 0.3) is 0 Å². The van der Waals surface area contributed by atoms with Crippen molar-refractivity contribution in [3.05, 3.63) is 12.3 Å². The molecule has 2 rings (SSSR count). The van der Waals surface area contributed by atoms with Gasteiger partial charge in [-0.25, -0.2) is 0 Å². The van der Waals surface area contributed by atoms with E-state index < -0.39 is 0 Å². The second-order valence-corrected chi connectivity index (χ2v) is 6.80. The molecule has 2 aliphatic rings. The number of allylic oxidation sites excluding steroid dienone is 1. The molecule has 2 nitrogen and oxygen atoms in total. The van der Waals surface area contributed by atoms with Crippen molar-refractivity contribution < 1.29 is 0 Å². The second kappa shape index (κ2) is 3.24. The summed E-state index contributed by atoms with van der Waals surface area (Å²) >= 11 is 0. The maximum absolute atomic E-state index is 3.99. The zero-order valence-corrected chi connectivity index (χ0v) is 10.6. The summed E-state index contributed by atoms with van der Waals surface area (Å²) in [4.78, 5) is 4.99. The SMILES string of the molecule is C=C(C)N1CC2(CN(CC(C)(C)C)C2)C1. The lowest BCUT2D eigenvalue weighted by atomic mass is 9.72. The maximum Gasteiger partial charge on any atom is 0.0308 e. The smallest absolute Gasteiger partial charge is 0.0308 e. The van der Waals surface area contributed by atoms with Crippen LogP contribution in [0.15, 0.2) is 12.3 Å². The summed E-state index contributed by atoms with van der Waals surface area (Å²) in [6.07, 6.45) is 0. The van der Waals surface area contributed by atoms with Crippen molar-refractivity contribution in [1.29, 1.82) is 0 Å². The molecule has 0 aromatic carbocycles. The van der Waals surface area contributed by atoms with E-state index >= 15 is 0 Å². The van der Waals surface area contributed by atoms with E-state index in [2.05, 4.69) is 44.1 Å². The van der Waals surface area contributed by atoms with Gasteiger partial charge < -0.3 is 9.80 Å². The highest BCUT2D eigenvalue weighted by Crippen LogP contribution is 2.41. The number of hydrogen-bond acceptors (Lipinski definition) is 2. The summed E-state index contributed by atoms with van der Waals surface area (Å²) in [5, 5.41) is 0. The summed E-state index contributed by atoms with van der Waals surface area (Å²) in [6.45, 7) is 19.4. The summed E-state index contributed by atoms with van der Waals surface area (Å²) in [5.41, 5.74) is 2.30. The van der Waals surface area contributed by atoms with Gasteiger partial charge in [0.15, 0.2) is 0 Å². The highest BCUT2D eigenvalue weighted by Gasteiger charge is 2.51. The third-order valence-corrected chi connectivity index (χ3v) is 3.41. The first-order valence-corrected chi connectivity index (χ1v) is 5.93. The van der Waals surface area contributed by atoms with Gasteiger partial charge in [-0.15, -0.1) is 0 Å². The fourth-order valence-electron chi connectivity index (χ4n) is 2.92. The molecular weight excluding hydrogens is 184 g/mol. The van der Waals surface area contributed by atoms with Gasteiger partial charge in [0, 0.05) is 43.8 Å². The third-order valence-electron chi connectivity index (χ3n) is 3.41. The third kappa shape index (κ3) is 2.20. The predicted molar refractivity (Wildman–Crippen MR) is 64.7 cm³/mol. The molecule has 0 aromatic heterocycles. The molecule has 0 bridgehead atoms. The van der Waals surface area contributed by atoms with Crippen molar-refractivity contribution >= 4 is 0 Å². The first kappa shape index (κ1) is 11.0. The van der Waals surface area contributed by atoms with Gasteiger partial charge in [-0.3, -0.25) is 0 Å². The van der Waals surface area contributed by atoms with Crippen LogP contribution < -0.4 is 0 Å². The Labute approximate surface area is 93.9 Å². The van der Waals surface area contributed by atoms with Gasteiger partial charge in [-0.05, 0) is 12.3 Å². The van der Waals surface area contributed by atoms with E-state index in [0.717, 1.165) is 0 Å². The van der Waals surface area contributed by atoms with Gasteiger partial charge in [0.05, 0.1) is 0 Å². The minimum Gasteiger partial charge on any atom is -0.374 e. The zero-order chi connectivity index (χ0) is 11.3. The Morgan fingerprint density at radius 2 is 1.73 bits per heavy atom. The van der Waals surface area contributed by atoms with Gasteiger partial charge >= 0.3 is 0 Å². The first-order valence-electron chi connectivity index (χ1n) is 5.93. The van der Waals surface area contributed by atoms with Gasteiger partial charge in [-0.2, -0.15) is 0 Å². The summed E-state index contributed by atoms with van der Waals surface area (Å²) in [5.74, 6) is 0. The maximum atomic E-state index is 3.99. The molecule has 0 amide bonds. The first-order chi connectivity index (χ1) is 6.80. The standard InChI is InChI=1S/C13H24N2/c1-11(2)15-9-13(10-15)7-14(8-13)6-12(3,4)5/h1,6-10H2,2-5H3. The van der Waals surface area contributed by atoms with Crippen LogP contribution in [0.3, 0.4) is 0 Å². The van der Waals surface area contributed by atoms with Crippen molar-refractivity contribution in [2.45, 2.75) is 27.7 Å². The molecule has 2 aliphatic heterocycles. The summed E-state index contributed by atoms with van der Waals surface area (Å²) < 4.78 is 0. The van der Waals surface area contributed by atoms with Crippen LogP contribution in [-0.4, -0.2) is 42.5 Å². The van der Waals surface area contributed by atoms with Gasteiger partial charge in [0.2, 0.25) is 0 Å². The molecule has 2 heteroatoms. The molecular formula is C13H24N2. The Morgan fingerprint density at radius 3 is 2.13 bits per heavy atom. The molecule has 0 radical (unpaired) electrons. The quantitative estimate of drug-likeness (QED) is 0.686. The molecule has 0 unspecified atom stereocenters. The van der Waals surface area contributed by atoms with E-state index in [0.29, 0.717) is 10.8 Å². The molecule has 2 fully saturated rings. The largest absolute Gasteiger partial charge is 0.374 e. The van der Waals surface area contributed by atoms with Crippen LogP contribution in [0.2, 0.25) is 0 Å². The number of nitrogens with zero attached hydrogens (tertiary/aromatic N) is 2. The van der Waals surface area contributed by atoms with Crippen LogP contribution in [-0.2, 0) is 0 Å². The lowest BCUT2D eigenvalue weighted by Crippen LogP contribution is -2.71. The van der Waals surface area contributed by atoms with Crippen molar-refractivity contribution in [2.24, 2.45) is 10.8 Å². The van der Waals surface area contributed by atoms with Crippen molar-refractivity contribution in [1.82, 2.24) is 9.80 Å². The molecule has 2 heterocycles. The Kier molecular flexibility index (Phi) is 2.38. The lowest BCUT2D eigenvalue weighted by molar-refractivity contribution is -0.109. The van der Waals surface area contributed by atoms with Crippen LogP contribution in [0.25, 0.3) is 0 Å². The van der Waals surface area contributed by atoms with E-state index in [1.54, 1.807) is 0 Å². The predicted octanol–water partition coefficient (Wildman–Crippen LogP) is 2.18. The van der Waals surface area contributed by atoms with Crippen LogP contribution in [0.5, 0.6) is 0 Å². The van der Waals surface area contributed by atoms with E-state index in [-0.39, 0.29) is 0 Å². The minimum absolute atomic E-state index is 0.444. The highest BCUT2D eigenvalue weighted by atomic mass is 15.3. The van der Waals surface area contributed by atoms with Crippen LogP contribution in [0, 0.1) is 10.8 Å². The van der Waals surface area contributed by atoms with Crippen LogP contribution in [0.4, 0.5) is 0 Å². The van der Waals surface area contributed by atoms with Crippen molar-refractivity contribution in [3.63, 3.8) is 0 Å². The average Bonchev–Trinajstić information content (AvgIpc) is 1.87. The molecule has 0 aliphatic carbocycles. The molecule has 15 heavy (non-hydrogen) atoms. The Morgan fingerprint density at radius 1 is 1.20 bits per heavy atom. The number of hydrogen-bond donors (Lipinski definition) is 0. The molecule has 0 N–H and O–H groups in total. The van der Waals surface area contributed by atoms with Crippen molar-refractivity contribution in [3.8, 4) is 0 Å². The highest BCUT2D eigenvalue weighted by molar-refractivity contribution is 5.11. The Bertz CT molecular complexity index is 261. The van der Waals surface area contributed by atoms with Gasteiger partial charge in [-0.1, -0.05) is 27.4 Å². The van der Waals surface area contributed by atoms with Gasteiger partial charge in [0.1, 0.15) is 0 Å². The Hall–Kier alpha value is -0.500.